The van der Waals surface area contributed by atoms with E-state index in [1.54, 1.807) is 55.8 Å². The molecule has 2 aromatic heterocycles. The zero-order valence-electron chi connectivity index (χ0n) is 20.1. The number of nitrogens with two attached hydrogens (primary N) is 1. The lowest BCUT2D eigenvalue weighted by atomic mass is 9.97. The van der Waals surface area contributed by atoms with Gasteiger partial charge in [-0.2, -0.15) is 13.2 Å². The van der Waals surface area contributed by atoms with E-state index in [-0.39, 0.29) is 18.0 Å². The fourth-order valence-corrected chi connectivity index (χ4v) is 4.99. The van der Waals surface area contributed by atoms with E-state index in [2.05, 4.69) is 10.1 Å². The second-order valence-corrected chi connectivity index (χ2v) is 10.3. The van der Waals surface area contributed by atoms with E-state index in [1.165, 1.54) is 22.9 Å². The van der Waals surface area contributed by atoms with Crippen LogP contribution in [0.25, 0.3) is 22.3 Å². The quantitative estimate of drug-likeness (QED) is 0.359. The maximum absolute atomic E-state index is 13.2. The molecule has 0 saturated heterocycles. The molecule has 4 rings (SSSR count). The van der Waals surface area contributed by atoms with Gasteiger partial charge in [0.05, 0.1) is 11.1 Å². The fraction of sp³-hybridized carbons (Fsp3) is 0.148. The molecule has 2 heterocycles. The summed E-state index contributed by atoms with van der Waals surface area (Å²) in [7, 11) is 0.541. The highest BCUT2D eigenvalue weighted by Crippen LogP contribution is 2.34. The van der Waals surface area contributed by atoms with Crippen molar-refractivity contribution < 1.29 is 18.0 Å². The van der Waals surface area contributed by atoms with Gasteiger partial charge in [-0.15, -0.1) is 0 Å². The van der Waals surface area contributed by atoms with E-state index < -0.39 is 19.8 Å². The van der Waals surface area contributed by atoms with Crippen molar-refractivity contribution in [2.45, 2.75) is 12.7 Å². The number of benzene rings is 2. The summed E-state index contributed by atoms with van der Waals surface area (Å²) < 4.78 is 41.1. The average molecular weight is 524 g/mol. The molecule has 0 spiro atoms. The second-order valence-electron chi connectivity index (χ2n) is 8.45. The molecular formula is C27H24F3N4O2P. The minimum Gasteiger partial charge on any atom is -0.327 e. The molecule has 190 valence electrons. The molecule has 2 aromatic carbocycles. The molecular weight excluding hydrogens is 500 g/mol. The molecule has 0 radical (unpaired) electrons. The van der Waals surface area contributed by atoms with Crippen molar-refractivity contribution in [3.8, 4) is 22.3 Å². The highest BCUT2D eigenvalue weighted by atomic mass is 31.1. The van der Waals surface area contributed by atoms with Gasteiger partial charge in [0.25, 0.3) is 5.91 Å². The molecule has 0 aliphatic heterocycles. The standard InChI is InChI=1S/C27H24F3N4O2P/c1-34-16-19(6-10-25(34)35)20-11-21(15-32-14-20)26(36)33-37(2)23-8-4-17(5-9-23)24-12-22(27(28,29)30)7-3-18(24)13-31/h3-12,14-16H,13,31H2,1-2H3,(H,33,36). The Bertz CT molecular complexity index is 1500. The van der Waals surface area contributed by atoms with Crippen molar-refractivity contribution in [1.29, 1.82) is 0 Å². The van der Waals surface area contributed by atoms with Crippen LogP contribution in [-0.4, -0.2) is 22.1 Å². The smallest absolute Gasteiger partial charge is 0.327 e. The van der Waals surface area contributed by atoms with Gasteiger partial charge in [-0.3, -0.25) is 14.6 Å². The summed E-state index contributed by atoms with van der Waals surface area (Å²) in [6.45, 7) is 1.99. The number of nitrogens with zero attached hydrogens (tertiary/aromatic N) is 2. The van der Waals surface area contributed by atoms with Gasteiger partial charge >= 0.3 is 6.18 Å². The number of alkyl halides is 3. The average Bonchev–Trinajstić information content (AvgIpc) is 2.89. The molecule has 1 unspecified atom stereocenters. The first kappa shape index (κ1) is 26.3. The maximum Gasteiger partial charge on any atom is 0.416 e. The summed E-state index contributed by atoms with van der Waals surface area (Å²) in [5, 5.41) is 3.83. The van der Waals surface area contributed by atoms with Gasteiger partial charge < -0.3 is 15.4 Å². The van der Waals surface area contributed by atoms with E-state index in [4.69, 9.17) is 5.73 Å². The summed E-state index contributed by atoms with van der Waals surface area (Å²) in [4.78, 5) is 28.8. The molecule has 0 saturated carbocycles. The molecule has 3 N–H and O–H groups in total. The number of rotatable bonds is 6. The maximum atomic E-state index is 13.2. The number of carbonyl (C=O) groups is 1. The first-order valence-electron chi connectivity index (χ1n) is 11.2. The Balaban J connectivity index is 1.52. The Kier molecular flexibility index (Phi) is 7.57. The SMILES string of the molecule is Cn1cc(-c2cncc(C(=O)NP(C)c3ccc(-c4cc(C(F)(F)F)ccc4CN)cc3)c2)ccc1=O. The third-order valence-corrected chi connectivity index (χ3v) is 7.52. The van der Waals surface area contributed by atoms with Crippen LogP contribution in [0.4, 0.5) is 13.2 Å². The van der Waals surface area contributed by atoms with E-state index in [0.29, 0.717) is 27.8 Å². The van der Waals surface area contributed by atoms with Gasteiger partial charge in [-0.25, -0.2) is 0 Å². The minimum atomic E-state index is -4.45. The molecule has 1 atom stereocenters. The Morgan fingerprint density at radius 2 is 1.70 bits per heavy atom. The molecule has 10 heteroatoms. The predicted molar refractivity (Wildman–Crippen MR) is 140 cm³/mol. The van der Waals surface area contributed by atoms with Gasteiger partial charge in [0.15, 0.2) is 0 Å². The highest BCUT2D eigenvalue weighted by Gasteiger charge is 2.31. The third-order valence-electron chi connectivity index (χ3n) is 5.91. The Labute approximate surface area is 212 Å². The summed E-state index contributed by atoms with van der Waals surface area (Å²) in [5.41, 5.74) is 8.35. The van der Waals surface area contributed by atoms with Crippen molar-refractivity contribution in [2.75, 3.05) is 6.66 Å². The molecule has 1 amide bonds. The van der Waals surface area contributed by atoms with E-state index in [0.717, 1.165) is 23.0 Å². The molecule has 0 bridgehead atoms. The van der Waals surface area contributed by atoms with Gasteiger partial charge in [-0.1, -0.05) is 30.3 Å². The van der Waals surface area contributed by atoms with E-state index in [9.17, 15) is 22.8 Å². The zero-order valence-corrected chi connectivity index (χ0v) is 21.0. The molecule has 6 nitrogen and oxygen atoms in total. The monoisotopic (exact) mass is 524 g/mol. The third kappa shape index (κ3) is 5.96. The first-order valence-corrected chi connectivity index (χ1v) is 13.0. The van der Waals surface area contributed by atoms with Gasteiger partial charge in [0.2, 0.25) is 5.56 Å². The predicted octanol–water partition coefficient (Wildman–Crippen LogP) is 4.67. The van der Waals surface area contributed by atoms with Crippen LogP contribution in [0.5, 0.6) is 0 Å². The van der Waals surface area contributed by atoms with Crippen LogP contribution >= 0.6 is 8.07 Å². The number of aromatic nitrogens is 2. The number of hydrogen-bond donors (Lipinski definition) is 2. The number of pyridine rings is 2. The van der Waals surface area contributed by atoms with Crippen LogP contribution in [0.1, 0.15) is 21.5 Å². The topological polar surface area (TPSA) is 90.0 Å². The summed E-state index contributed by atoms with van der Waals surface area (Å²) >= 11 is 0. The Morgan fingerprint density at radius 1 is 1.00 bits per heavy atom. The Hall–Kier alpha value is -3.81. The summed E-state index contributed by atoms with van der Waals surface area (Å²) in [6, 6.07) is 15.4. The minimum absolute atomic E-state index is 0.109. The number of halogens is 3. The number of carbonyl (C=O) groups excluding carboxylic acids is 1. The van der Waals surface area contributed by atoms with Crippen molar-refractivity contribution in [2.24, 2.45) is 12.8 Å². The number of nitrogens with one attached hydrogen (secondary N) is 1. The largest absolute Gasteiger partial charge is 0.416 e. The van der Waals surface area contributed by atoms with E-state index >= 15 is 0 Å². The van der Waals surface area contributed by atoms with Crippen LogP contribution in [-0.2, 0) is 19.8 Å². The number of aryl methyl sites for hydroxylation is 1. The number of hydrogen-bond acceptors (Lipinski definition) is 4. The van der Waals surface area contributed by atoms with Gasteiger partial charge in [-0.05, 0) is 58.5 Å². The van der Waals surface area contributed by atoms with Gasteiger partial charge in [0, 0.05) is 51.9 Å². The fourth-order valence-electron chi connectivity index (χ4n) is 3.83. The second kappa shape index (κ2) is 10.7. The van der Waals surface area contributed by atoms with E-state index in [1.807, 2.05) is 6.66 Å². The van der Waals surface area contributed by atoms with Gasteiger partial charge in [0.1, 0.15) is 0 Å². The highest BCUT2D eigenvalue weighted by molar-refractivity contribution is 7.63. The lowest BCUT2D eigenvalue weighted by molar-refractivity contribution is -0.137. The van der Waals surface area contributed by atoms with Crippen LogP contribution in [0.3, 0.4) is 0 Å². The molecule has 37 heavy (non-hydrogen) atoms. The lowest BCUT2D eigenvalue weighted by Gasteiger charge is -2.16. The van der Waals surface area contributed by atoms with Crippen LogP contribution < -0.4 is 21.7 Å². The zero-order chi connectivity index (χ0) is 26.7. The summed E-state index contributed by atoms with van der Waals surface area (Å²) in [5.74, 6) is -0.305. The summed E-state index contributed by atoms with van der Waals surface area (Å²) in [6.07, 6.45) is 0.311. The van der Waals surface area contributed by atoms with Crippen molar-refractivity contribution in [1.82, 2.24) is 14.6 Å². The normalized spacial score (nSPS) is 12.3. The van der Waals surface area contributed by atoms with Crippen molar-refractivity contribution in [3.05, 3.63) is 106 Å². The van der Waals surface area contributed by atoms with Crippen LogP contribution in [0.2, 0.25) is 0 Å². The lowest BCUT2D eigenvalue weighted by Crippen LogP contribution is -2.22. The molecule has 0 aliphatic rings. The first-order chi connectivity index (χ1) is 17.6. The number of amides is 1. The van der Waals surface area contributed by atoms with Crippen molar-refractivity contribution in [3.63, 3.8) is 0 Å². The molecule has 0 fully saturated rings. The van der Waals surface area contributed by atoms with Crippen LogP contribution in [0, 0.1) is 0 Å². The van der Waals surface area contributed by atoms with Crippen molar-refractivity contribution >= 4 is 19.3 Å². The molecule has 0 aliphatic carbocycles. The van der Waals surface area contributed by atoms with Crippen LogP contribution in [0.15, 0.2) is 84.0 Å². The Morgan fingerprint density at radius 3 is 2.35 bits per heavy atom. The molecule has 4 aromatic rings.